The lowest BCUT2D eigenvalue weighted by molar-refractivity contribution is 0.0310. The first-order valence-corrected chi connectivity index (χ1v) is 13.4. The van der Waals surface area contributed by atoms with Crippen molar-refractivity contribution in [3.63, 3.8) is 0 Å². The molecule has 1 amide bonds. The monoisotopic (exact) mass is 467 g/mol. The molecule has 2 N–H and O–H groups in total. The maximum absolute atomic E-state index is 13.0. The summed E-state index contributed by atoms with van der Waals surface area (Å²) in [5.74, 6) is 1.52. The van der Waals surface area contributed by atoms with Crippen molar-refractivity contribution in [2.45, 2.75) is 95.7 Å². The number of carbonyl (C=O) groups is 1. The molecule has 1 atom stereocenters. The number of hydrogen-bond donors (Lipinski definition) is 2. The van der Waals surface area contributed by atoms with Gasteiger partial charge >= 0.3 is 0 Å². The predicted octanol–water partition coefficient (Wildman–Crippen LogP) is 3.89. The van der Waals surface area contributed by atoms with Crippen LogP contribution >= 0.6 is 0 Å². The van der Waals surface area contributed by atoms with Crippen LogP contribution in [0.4, 0.5) is 0 Å². The normalized spacial score (nSPS) is 22.9. The van der Waals surface area contributed by atoms with Crippen molar-refractivity contribution < 1.29 is 9.21 Å². The summed E-state index contributed by atoms with van der Waals surface area (Å²) in [6.45, 7) is 5.90. The largest absolute Gasteiger partial charge is 0.465 e. The number of carbonyl (C=O) groups excluding carboxylic acids is 1. The average molecular weight is 468 g/mol. The lowest BCUT2D eigenvalue weighted by Gasteiger charge is -2.49. The highest BCUT2D eigenvalue weighted by molar-refractivity contribution is 5.94. The lowest BCUT2D eigenvalue weighted by atomic mass is 9.78. The highest BCUT2D eigenvalue weighted by atomic mass is 16.3. The predicted molar refractivity (Wildman–Crippen MR) is 133 cm³/mol. The van der Waals surface area contributed by atoms with Crippen LogP contribution < -0.4 is 10.6 Å². The fraction of sp³-hybridized carbons (Fsp3) is 0.704. The summed E-state index contributed by atoms with van der Waals surface area (Å²) in [7, 11) is 1.96. The van der Waals surface area contributed by atoms with Crippen LogP contribution in [0, 0.1) is 6.92 Å². The number of fused-ring (bicyclic) bond motifs is 1. The summed E-state index contributed by atoms with van der Waals surface area (Å²) in [5.41, 5.74) is 3.24. The van der Waals surface area contributed by atoms with E-state index in [4.69, 9.17) is 4.42 Å². The van der Waals surface area contributed by atoms with Crippen LogP contribution in [0.2, 0.25) is 0 Å². The molecule has 1 aliphatic heterocycles. The third-order valence-corrected chi connectivity index (χ3v) is 8.42. The number of aryl methyl sites for hydroxylation is 2. The zero-order valence-corrected chi connectivity index (χ0v) is 21.0. The van der Waals surface area contributed by atoms with Crippen LogP contribution in [0.5, 0.6) is 0 Å². The van der Waals surface area contributed by atoms with Crippen LogP contribution in [0.15, 0.2) is 16.5 Å². The molecule has 7 heteroatoms. The Balaban J connectivity index is 1.24. The summed E-state index contributed by atoms with van der Waals surface area (Å²) in [4.78, 5) is 15.8. The fourth-order valence-corrected chi connectivity index (χ4v) is 6.49. The molecule has 2 aromatic rings. The minimum Gasteiger partial charge on any atom is -0.465 e. The van der Waals surface area contributed by atoms with Crippen molar-refractivity contribution in [3.05, 3.63) is 40.6 Å². The zero-order valence-electron chi connectivity index (χ0n) is 21.0. The SMILES string of the molecule is Cc1ccc(CNC(=O)c2nn(C)c3c2CC(NCC2(N4CCCCC4)CCCCC2)CC3)o1. The van der Waals surface area contributed by atoms with Crippen molar-refractivity contribution in [3.8, 4) is 0 Å². The van der Waals surface area contributed by atoms with Gasteiger partial charge in [0.05, 0.1) is 6.54 Å². The topological polar surface area (TPSA) is 75.3 Å². The van der Waals surface area contributed by atoms with Crippen molar-refractivity contribution in [2.24, 2.45) is 7.05 Å². The van der Waals surface area contributed by atoms with Gasteiger partial charge in [-0.1, -0.05) is 25.7 Å². The smallest absolute Gasteiger partial charge is 0.272 e. The second kappa shape index (κ2) is 10.2. The molecule has 2 aliphatic carbocycles. The number of likely N-dealkylation sites (tertiary alicyclic amines) is 1. The van der Waals surface area contributed by atoms with Gasteiger partial charge in [-0.3, -0.25) is 14.4 Å². The Labute approximate surface area is 203 Å². The minimum absolute atomic E-state index is 0.108. The fourth-order valence-electron chi connectivity index (χ4n) is 6.49. The third kappa shape index (κ3) is 4.96. The molecule has 1 saturated carbocycles. The van der Waals surface area contributed by atoms with E-state index in [1.807, 2.05) is 30.8 Å². The molecular weight excluding hydrogens is 426 g/mol. The first-order valence-electron chi connectivity index (χ1n) is 13.4. The molecule has 0 radical (unpaired) electrons. The molecule has 0 spiro atoms. The van der Waals surface area contributed by atoms with E-state index in [0.29, 0.717) is 23.8 Å². The number of nitrogens with one attached hydrogen (secondary N) is 2. The number of hydrogen-bond acceptors (Lipinski definition) is 5. The summed E-state index contributed by atoms with van der Waals surface area (Å²) >= 11 is 0. The Morgan fingerprint density at radius 2 is 1.91 bits per heavy atom. The van der Waals surface area contributed by atoms with Crippen molar-refractivity contribution in [1.29, 1.82) is 0 Å². The summed E-state index contributed by atoms with van der Waals surface area (Å²) in [6.07, 6.45) is 13.8. The standard InChI is InChI=1S/C27H41N5O2/c1-20-9-11-22(34-20)18-28-26(33)25-23-17-21(10-12-24(23)31(2)30-25)29-19-27(13-5-3-6-14-27)32-15-7-4-8-16-32/h9,11,21,29H,3-8,10,12-19H2,1-2H3,(H,28,33). The van der Waals surface area contributed by atoms with Crippen LogP contribution in [0.1, 0.15) is 91.1 Å². The van der Waals surface area contributed by atoms with E-state index in [9.17, 15) is 4.79 Å². The van der Waals surface area contributed by atoms with Gasteiger partial charge in [0.15, 0.2) is 5.69 Å². The van der Waals surface area contributed by atoms with Gasteiger partial charge in [0.2, 0.25) is 0 Å². The molecule has 1 unspecified atom stereocenters. The van der Waals surface area contributed by atoms with E-state index in [0.717, 1.165) is 42.9 Å². The highest BCUT2D eigenvalue weighted by Crippen LogP contribution is 2.35. The number of furan rings is 1. The van der Waals surface area contributed by atoms with Gasteiger partial charge < -0.3 is 15.1 Å². The van der Waals surface area contributed by atoms with E-state index >= 15 is 0 Å². The zero-order chi connectivity index (χ0) is 23.5. The molecule has 34 heavy (non-hydrogen) atoms. The molecule has 3 aliphatic rings. The number of aromatic nitrogens is 2. The van der Waals surface area contributed by atoms with Gasteiger partial charge in [-0.2, -0.15) is 5.10 Å². The van der Waals surface area contributed by atoms with Crippen LogP contribution in [0.3, 0.4) is 0 Å². The number of nitrogens with zero attached hydrogens (tertiary/aromatic N) is 3. The summed E-state index contributed by atoms with van der Waals surface area (Å²) in [6, 6.07) is 4.23. The molecule has 2 aromatic heterocycles. The van der Waals surface area contributed by atoms with Gasteiger partial charge in [-0.25, -0.2) is 0 Å². The Kier molecular flexibility index (Phi) is 7.11. The molecule has 1 saturated heterocycles. The molecule has 186 valence electrons. The van der Waals surface area contributed by atoms with E-state index in [1.54, 1.807) is 0 Å². The molecule has 2 fully saturated rings. The Morgan fingerprint density at radius 1 is 1.15 bits per heavy atom. The van der Waals surface area contributed by atoms with Crippen molar-refractivity contribution >= 4 is 5.91 Å². The van der Waals surface area contributed by atoms with E-state index in [-0.39, 0.29) is 5.91 Å². The Morgan fingerprint density at radius 3 is 2.65 bits per heavy atom. The quantitative estimate of drug-likeness (QED) is 0.646. The van der Waals surface area contributed by atoms with Crippen LogP contribution in [-0.2, 0) is 26.4 Å². The van der Waals surface area contributed by atoms with Gasteiger partial charge in [0, 0.05) is 36.4 Å². The van der Waals surface area contributed by atoms with Crippen LogP contribution in [-0.4, -0.2) is 51.8 Å². The van der Waals surface area contributed by atoms with Gasteiger partial charge in [-0.05, 0) is 77.1 Å². The minimum atomic E-state index is -0.108. The molecule has 0 aromatic carbocycles. The second-order valence-electron chi connectivity index (χ2n) is 10.7. The number of amides is 1. The summed E-state index contributed by atoms with van der Waals surface area (Å²) < 4.78 is 7.51. The molecule has 0 bridgehead atoms. The first-order chi connectivity index (χ1) is 16.5. The molecule has 3 heterocycles. The van der Waals surface area contributed by atoms with Gasteiger partial charge in [-0.15, -0.1) is 0 Å². The molecule has 7 nitrogen and oxygen atoms in total. The summed E-state index contributed by atoms with van der Waals surface area (Å²) in [5, 5.41) is 11.6. The average Bonchev–Trinajstić information content (AvgIpc) is 3.44. The van der Waals surface area contributed by atoms with E-state index in [1.165, 1.54) is 70.2 Å². The maximum Gasteiger partial charge on any atom is 0.272 e. The van der Waals surface area contributed by atoms with Crippen molar-refractivity contribution in [2.75, 3.05) is 19.6 Å². The van der Waals surface area contributed by atoms with E-state index < -0.39 is 0 Å². The maximum atomic E-state index is 13.0. The number of rotatable bonds is 7. The van der Waals surface area contributed by atoms with E-state index in [2.05, 4.69) is 20.6 Å². The lowest BCUT2D eigenvalue weighted by Crippen LogP contribution is -2.59. The molecular formula is C27H41N5O2. The van der Waals surface area contributed by atoms with Gasteiger partial charge in [0.1, 0.15) is 11.5 Å². The third-order valence-electron chi connectivity index (χ3n) is 8.42. The molecule has 5 rings (SSSR count). The number of piperidine rings is 1. The van der Waals surface area contributed by atoms with Gasteiger partial charge in [0.25, 0.3) is 5.91 Å². The van der Waals surface area contributed by atoms with Crippen LogP contribution in [0.25, 0.3) is 0 Å². The first kappa shape index (κ1) is 23.6. The second-order valence-corrected chi connectivity index (χ2v) is 10.7. The van der Waals surface area contributed by atoms with Crippen molar-refractivity contribution in [1.82, 2.24) is 25.3 Å². The highest BCUT2D eigenvalue weighted by Gasteiger charge is 2.39. The Hall–Kier alpha value is -2.12. The Bertz CT molecular complexity index is 981.